The monoisotopic (exact) mass is 380 g/mol. The van der Waals surface area contributed by atoms with E-state index in [0.29, 0.717) is 17.3 Å². The van der Waals surface area contributed by atoms with Crippen molar-refractivity contribution in [3.05, 3.63) is 65.4 Å². The molecule has 0 saturated carbocycles. The van der Waals surface area contributed by atoms with Crippen molar-refractivity contribution in [2.24, 2.45) is 5.16 Å². The Balaban J connectivity index is 1.87. The van der Waals surface area contributed by atoms with E-state index in [-0.39, 0.29) is 0 Å². The molecule has 0 atom stereocenters. The molecule has 0 unspecified atom stereocenters. The first kappa shape index (κ1) is 19.9. The van der Waals surface area contributed by atoms with Gasteiger partial charge in [-0.05, 0) is 44.5 Å². The number of piperazine rings is 1. The topological polar surface area (TPSA) is 61.2 Å². The summed E-state index contributed by atoms with van der Waals surface area (Å²) in [6.45, 7) is 14.0. The van der Waals surface area contributed by atoms with E-state index in [4.69, 9.17) is 4.74 Å². The molecule has 1 aliphatic heterocycles. The fourth-order valence-electron chi connectivity index (χ4n) is 3.41. The summed E-state index contributed by atoms with van der Waals surface area (Å²) in [6, 6.07) is 9.85. The minimum Gasteiger partial charge on any atom is -0.438 e. The second-order valence-electron chi connectivity index (χ2n) is 7.18. The van der Waals surface area contributed by atoms with Gasteiger partial charge in [-0.25, -0.2) is 4.98 Å². The molecule has 6 nitrogen and oxygen atoms in total. The van der Waals surface area contributed by atoms with Gasteiger partial charge in [0.2, 0.25) is 5.88 Å². The predicted molar refractivity (Wildman–Crippen MR) is 111 cm³/mol. The van der Waals surface area contributed by atoms with Crippen LogP contribution in [0.25, 0.3) is 0 Å². The van der Waals surface area contributed by atoms with Crippen molar-refractivity contribution in [1.82, 2.24) is 14.8 Å². The lowest BCUT2D eigenvalue weighted by Gasteiger charge is -2.35. The van der Waals surface area contributed by atoms with Gasteiger partial charge in [-0.3, -0.25) is 4.90 Å². The standard InChI is InChI=1S/C22H28N4O2/c1-5-10-25-11-13-26(14-12-25)21(24-27)19-8-7-18(4)23-22(19)28-20-9-6-16(2)15-17(20)3/h5-9,15,27H,1,10-14H2,2-4H3/b24-21-. The van der Waals surface area contributed by atoms with Crippen molar-refractivity contribution >= 4 is 5.84 Å². The zero-order valence-electron chi connectivity index (χ0n) is 16.9. The van der Waals surface area contributed by atoms with Gasteiger partial charge in [-0.1, -0.05) is 28.9 Å². The lowest BCUT2D eigenvalue weighted by atomic mass is 10.1. The highest BCUT2D eigenvalue weighted by molar-refractivity contribution is 6.00. The minimum absolute atomic E-state index is 0.452. The van der Waals surface area contributed by atoms with Crippen molar-refractivity contribution in [3.8, 4) is 11.6 Å². The first-order valence-corrected chi connectivity index (χ1v) is 9.55. The summed E-state index contributed by atoms with van der Waals surface area (Å²) in [6.07, 6.45) is 1.91. The molecule has 3 rings (SSSR count). The van der Waals surface area contributed by atoms with E-state index in [1.807, 2.05) is 44.2 Å². The maximum Gasteiger partial charge on any atom is 0.230 e. The molecule has 0 aliphatic carbocycles. The van der Waals surface area contributed by atoms with Crippen molar-refractivity contribution in [2.75, 3.05) is 32.7 Å². The number of benzene rings is 1. The highest BCUT2D eigenvalue weighted by Gasteiger charge is 2.24. The number of ether oxygens (including phenoxy) is 1. The molecule has 148 valence electrons. The van der Waals surface area contributed by atoms with Gasteiger partial charge in [-0.2, -0.15) is 0 Å². The van der Waals surface area contributed by atoms with E-state index < -0.39 is 0 Å². The Kier molecular flexibility index (Phi) is 6.31. The summed E-state index contributed by atoms with van der Waals surface area (Å²) in [5, 5.41) is 13.4. The number of oxime groups is 1. The Morgan fingerprint density at radius 3 is 2.57 bits per heavy atom. The Morgan fingerprint density at radius 1 is 1.18 bits per heavy atom. The number of hydrogen-bond donors (Lipinski definition) is 1. The average molecular weight is 380 g/mol. The molecule has 1 fully saturated rings. The van der Waals surface area contributed by atoms with E-state index >= 15 is 0 Å². The Hall–Kier alpha value is -2.86. The van der Waals surface area contributed by atoms with Gasteiger partial charge in [0, 0.05) is 38.4 Å². The third kappa shape index (κ3) is 4.51. The largest absolute Gasteiger partial charge is 0.438 e. The Labute approximate surface area is 166 Å². The van der Waals surface area contributed by atoms with E-state index in [2.05, 4.69) is 39.5 Å². The lowest BCUT2D eigenvalue weighted by molar-refractivity contribution is 0.192. The zero-order valence-corrected chi connectivity index (χ0v) is 16.9. The lowest BCUT2D eigenvalue weighted by Crippen LogP contribution is -2.49. The number of hydrogen-bond acceptors (Lipinski definition) is 5. The number of pyridine rings is 1. The second-order valence-corrected chi connectivity index (χ2v) is 7.18. The van der Waals surface area contributed by atoms with Gasteiger partial charge in [-0.15, -0.1) is 6.58 Å². The molecule has 1 saturated heterocycles. The molecule has 2 heterocycles. The van der Waals surface area contributed by atoms with Crippen LogP contribution in [0.3, 0.4) is 0 Å². The smallest absolute Gasteiger partial charge is 0.230 e. The molecular formula is C22H28N4O2. The van der Waals surface area contributed by atoms with Crippen LogP contribution < -0.4 is 4.74 Å². The molecule has 28 heavy (non-hydrogen) atoms. The van der Waals surface area contributed by atoms with E-state index in [1.54, 1.807) is 0 Å². The summed E-state index contributed by atoms with van der Waals surface area (Å²) in [7, 11) is 0. The maximum absolute atomic E-state index is 9.78. The van der Waals surface area contributed by atoms with Crippen LogP contribution in [-0.4, -0.2) is 58.6 Å². The van der Waals surface area contributed by atoms with Crippen LogP contribution in [0.5, 0.6) is 11.6 Å². The molecule has 0 spiro atoms. The molecule has 2 aromatic rings. The number of amidine groups is 1. The van der Waals surface area contributed by atoms with Crippen molar-refractivity contribution in [3.63, 3.8) is 0 Å². The third-order valence-corrected chi connectivity index (χ3v) is 4.93. The minimum atomic E-state index is 0.452. The second kappa shape index (κ2) is 8.89. The molecular weight excluding hydrogens is 352 g/mol. The third-order valence-electron chi connectivity index (χ3n) is 4.93. The fraction of sp³-hybridized carbons (Fsp3) is 0.364. The van der Waals surface area contributed by atoms with E-state index in [0.717, 1.165) is 49.7 Å². The van der Waals surface area contributed by atoms with Crippen molar-refractivity contribution in [1.29, 1.82) is 0 Å². The van der Waals surface area contributed by atoms with Crippen LogP contribution in [0.4, 0.5) is 0 Å². The van der Waals surface area contributed by atoms with Crippen LogP contribution in [0, 0.1) is 20.8 Å². The SMILES string of the molecule is C=CCN1CCN(/C(=N\O)c2ccc(C)nc2Oc2ccc(C)cc2C)CC1. The molecule has 0 amide bonds. The molecule has 6 heteroatoms. The van der Waals surface area contributed by atoms with Crippen LogP contribution in [-0.2, 0) is 0 Å². The van der Waals surface area contributed by atoms with Crippen LogP contribution in [0.1, 0.15) is 22.4 Å². The van der Waals surface area contributed by atoms with E-state index in [9.17, 15) is 5.21 Å². The van der Waals surface area contributed by atoms with Crippen molar-refractivity contribution < 1.29 is 9.94 Å². The van der Waals surface area contributed by atoms with Gasteiger partial charge in [0.25, 0.3) is 0 Å². The van der Waals surface area contributed by atoms with Gasteiger partial charge in [0.05, 0.1) is 5.56 Å². The number of aromatic nitrogens is 1. The number of nitrogens with zero attached hydrogens (tertiary/aromatic N) is 4. The summed E-state index contributed by atoms with van der Waals surface area (Å²) >= 11 is 0. The molecule has 1 aliphatic rings. The molecule has 0 bridgehead atoms. The zero-order chi connectivity index (χ0) is 20.1. The normalized spacial score (nSPS) is 15.5. The fourth-order valence-corrected chi connectivity index (χ4v) is 3.41. The van der Waals surface area contributed by atoms with Gasteiger partial charge in [0.15, 0.2) is 5.84 Å². The highest BCUT2D eigenvalue weighted by atomic mass is 16.5. The van der Waals surface area contributed by atoms with Gasteiger partial charge in [0.1, 0.15) is 5.75 Å². The maximum atomic E-state index is 9.78. The Bertz CT molecular complexity index is 871. The first-order valence-electron chi connectivity index (χ1n) is 9.55. The van der Waals surface area contributed by atoms with Crippen LogP contribution in [0.2, 0.25) is 0 Å². The Morgan fingerprint density at radius 2 is 1.93 bits per heavy atom. The van der Waals surface area contributed by atoms with E-state index in [1.165, 1.54) is 5.56 Å². The molecule has 0 radical (unpaired) electrons. The molecule has 1 N–H and O–H groups in total. The molecule has 1 aromatic heterocycles. The summed E-state index contributed by atoms with van der Waals surface area (Å²) in [5.41, 5.74) is 3.74. The number of aryl methyl sites for hydroxylation is 3. The van der Waals surface area contributed by atoms with Gasteiger partial charge < -0.3 is 14.8 Å². The summed E-state index contributed by atoms with van der Waals surface area (Å²) < 4.78 is 6.16. The van der Waals surface area contributed by atoms with Crippen LogP contribution >= 0.6 is 0 Å². The first-order chi connectivity index (χ1) is 13.5. The summed E-state index contributed by atoms with van der Waals surface area (Å²) in [5.74, 6) is 1.69. The predicted octanol–water partition coefficient (Wildman–Crippen LogP) is 3.74. The summed E-state index contributed by atoms with van der Waals surface area (Å²) in [4.78, 5) is 8.96. The molecule has 1 aromatic carbocycles. The van der Waals surface area contributed by atoms with Gasteiger partial charge >= 0.3 is 0 Å². The van der Waals surface area contributed by atoms with Crippen LogP contribution in [0.15, 0.2) is 48.1 Å². The van der Waals surface area contributed by atoms with Crippen molar-refractivity contribution in [2.45, 2.75) is 20.8 Å². The average Bonchev–Trinajstić information content (AvgIpc) is 2.67. The highest BCUT2D eigenvalue weighted by Crippen LogP contribution is 2.28. The number of rotatable bonds is 5. The quantitative estimate of drug-likeness (QED) is 0.281.